The second kappa shape index (κ2) is 7.32. The van der Waals surface area contributed by atoms with Crippen LogP contribution in [-0.2, 0) is 9.59 Å². The molecule has 2 aromatic carbocycles. The lowest BCUT2D eigenvalue weighted by molar-refractivity contribution is -0.133. The Bertz CT molecular complexity index is 736. The van der Waals surface area contributed by atoms with Crippen LogP contribution in [0.1, 0.15) is 36.3 Å². The van der Waals surface area contributed by atoms with Crippen LogP contribution in [0.4, 0.5) is 0 Å². The highest BCUT2D eigenvalue weighted by molar-refractivity contribution is 5.80. The molecule has 2 aliphatic heterocycles. The quantitative estimate of drug-likeness (QED) is 0.923. The Hall–Kier alpha value is -2.62. The first kappa shape index (κ1) is 16.8. The van der Waals surface area contributed by atoms with Gasteiger partial charge in [-0.25, -0.2) is 0 Å². The number of nitrogens with zero attached hydrogens (tertiary/aromatic N) is 1. The molecule has 0 aliphatic carbocycles. The lowest BCUT2D eigenvalue weighted by Gasteiger charge is -2.35. The molecular formula is C22H24N2O2. The Kier molecular flexibility index (Phi) is 4.74. The van der Waals surface area contributed by atoms with E-state index in [2.05, 4.69) is 29.6 Å². The number of carbonyl (C=O) groups is 2. The molecule has 4 rings (SSSR count). The van der Waals surface area contributed by atoms with Crippen molar-refractivity contribution in [2.45, 2.75) is 31.2 Å². The molecule has 134 valence electrons. The lowest BCUT2D eigenvalue weighted by Crippen LogP contribution is -2.47. The number of fused-ring (bicyclic) bond motifs is 1. The Labute approximate surface area is 154 Å². The number of likely N-dealkylation sites (tertiary alicyclic amines) is 1. The largest absolute Gasteiger partial charge is 0.353 e. The summed E-state index contributed by atoms with van der Waals surface area (Å²) in [5.74, 6) is 0.638. The van der Waals surface area contributed by atoms with E-state index >= 15 is 0 Å². The maximum absolute atomic E-state index is 13.0. The first-order valence-corrected chi connectivity index (χ1v) is 9.38. The zero-order chi connectivity index (χ0) is 17.9. The number of amides is 2. The summed E-state index contributed by atoms with van der Waals surface area (Å²) in [6.07, 6.45) is 1.88. The molecule has 2 fully saturated rings. The van der Waals surface area contributed by atoms with Gasteiger partial charge in [0.25, 0.3) is 0 Å². The molecule has 2 saturated heterocycles. The molecule has 2 atom stereocenters. The van der Waals surface area contributed by atoms with Crippen molar-refractivity contribution in [2.75, 3.05) is 13.1 Å². The van der Waals surface area contributed by atoms with Crippen molar-refractivity contribution in [3.05, 3.63) is 71.8 Å². The van der Waals surface area contributed by atoms with Crippen LogP contribution in [0.25, 0.3) is 0 Å². The zero-order valence-corrected chi connectivity index (χ0v) is 14.8. The van der Waals surface area contributed by atoms with E-state index in [1.807, 2.05) is 41.3 Å². The first-order chi connectivity index (χ1) is 12.7. The van der Waals surface area contributed by atoms with E-state index in [1.54, 1.807) is 0 Å². The first-order valence-electron chi connectivity index (χ1n) is 9.38. The smallest absolute Gasteiger partial charge is 0.223 e. The van der Waals surface area contributed by atoms with Gasteiger partial charge >= 0.3 is 0 Å². The maximum atomic E-state index is 13.0. The van der Waals surface area contributed by atoms with E-state index in [9.17, 15) is 9.59 Å². The summed E-state index contributed by atoms with van der Waals surface area (Å²) < 4.78 is 0. The summed E-state index contributed by atoms with van der Waals surface area (Å²) in [4.78, 5) is 26.6. The molecule has 2 heterocycles. The summed E-state index contributed by atoms with van der Waals surface area (Å²) in [5.41, 5.74) is 2.33. The van der Waals surface area contributed by atoms with Gasteiger partial charge in [-0.1, -0.05) is 60.7 Å². The van der Waals surface area contributed by atoms with Gasteiger partial charge in [0.2, 0.25) is 11.8 Å². The van der Waals surface area contributed by atoms with Crippen LogP contribution in [0, 0.1) is 5.92 Å². The number of carbonyl (C=O) groups excluding carboxylic acids is 2. The Balaban J connectivity index is 1.51. The summed E-state index contributed by atoms with van der Waals surface area (Å²) in [6.45, 7) is 1.43. The number of hydrogen-bond acceptors (Lipinski definition) is 2. The average molecular weight is 348 g/mol. The van der Waals surface area contributed by atoms with Crippen molar-refractivity contribution in [1.82, 2.24) is 10.2 Å². The van der Waals surface area contributed by atoms with E-state index in [-0.39, 0.29) is 29.7 Å². The third-order valence-electron chi connectivity index (χ3n) is 5.66. The van der Waals surface area contributed by atoms with Crippen molar-refractivity contribution < 1.29 is 9.59 Å². The van der Waals surface area contributed by atoms with E-state index in [4.69, 9.17) is 0 Å². The zero-order valence-electron chi connectivity index (χ0n) is 14.8. The standard InChI is InChI=1S/C22H24N2O2/c25-21-13-18-15-24(12-11-20(18)23-21)22(26)14-19(16-7-3-1-4-8-16)17-9-5-2-6-10-17/h1-10,18-20H,11-15H2,(H,23,25)/t18-,20+/m1/s1. The SMILES string of the molecule is O=C1C[C@@H]2CN(C(=O)CC(c3ccccc3)c3ccccc3)CC[C@@H]2N1. The number of nitrogens with one attached hydrogen (secondary N) is 1. The molecule has 0 bridgehead atoms. The van der Waals surface area contributed by atoms with E-state index in [1.165, 1.54) is 11.1 Å². The number of hydrogen-bond donors (Lipinski definition) is 1. The second-order valence-electron chi connectivity index (χ2n) is 7.34. The third-order valence-corrected chi connectivity index (χ3v) is 5.66. The van der Waals surface area contributed by atoms with Crippen molar-refractivity contribution in [2.24, 2.45) is 5.92 Å². The molecule has 0 aromatic heterocycles. The molecule has 4 nitrogen and oxygen atoms in total. The minimum Gasteiger partial charge on any atom is -0.353 e. The van der Waals surface area contributed by atoms with Gasteiger partial charge in [-0.3, -0.25) is 9.59 Å². The van der Waals surface area contributed by atoms with Crippen LogP contribution >= 0.6 is 0 Å². The highest BCUT2D eigenvalue weighted by Crippen LogP contribution is 2.31. The summed E-state index contributed by atoms with van der Waals surface area (Å²) in [5, 5.41) is 3.03. The molecule has 0 spiro atoms. The summed E-state index contributed by atoms with van der Waals surface area (Å²) in [7, 11) is 0. The van der Waals surface area contributed by atoms with Gasteiger partial charge < -0.3 is 10.2 Å². The predicted molar refractivity (Wildman–Crippen MR) is 101 cm³/mol. The number of benzene rings is 2. The number of piperidine rings is 1. The van der Waals surface area contributed by atoms with Gasteiger partial charge in [0, 0.05) is 43.8 Å². The molecule has 2 aliphatic rings. The Morgan fingerprint density at radius 2 is 1.65 bits per heavy atom. The highest BCUT2D eigenvalue weighted by atomic mass is 16.2. The predicted octanol–water partition coefficient (Wildman–Crippen LogP) is 2.95. The van der Waals surface area contributed by atoms with Gasteiger partial charge in [0.05, 0.1) is 0 Å². The molecule has 2 aromatic rings. The minimum atomic E-state index is 0.0611. The van der Waals surface area contributed by atoms with Gasteiger partial charge in [-0.05, 0) is 17.5 Å². The molecule has 0 unspecified atom stereocenters. The molecule has 4 heteroatoms. The molecular weight excluding hydrogens is 324 g/mol. The minimum absolute atomic E-state index is 0.0611. The van der Waals surface area contributed by atoms with Crippen molar-refractivity contribution in [1.29, 1.82) is 0 Å². The Morgan fingerprint density at radius 3 is 2.27 bits per heavy atom. The van der Waals surface area contributed by atoms with Crippen LogP contribution in [0.5, 0.6) is 0 Å². The van der Waals surface area contributed by atoms with E-state index < -0.39 is 0 Å². The highest BCUT2D eigenvalue weighted by Gasteiger charge is 2.38. The van der Waals surface area contributed by atoms with Crippen LogP contribution in [0.2, 0.25) is 0 Å². The fraction of sp³-hybridized carbons (Fsp3) is 0.364. The normalized spacial score (nSPS) is 22.2. The van der Waals surface area contributed by atoms with E-state index in [0.29, 0.717) is 19.4 Å². The third kappa shape index (κ3) is 3.50. The van der Waals surface area contributed by atoms with Gasteiger partial charge in [0.15, 0.2) is 0 Å². The van der Waals surface area contributed by atoms with Crippen LogP contribution in [0.15, 0.2) is 60.7 Å². The second-order valence-corrected chi connectivity index (χ2v) is 7.34. The fourth-order valence-electron chi connectivity index (χ4n) is 4.26. The fourth-order valence-corrected chi connectivity index (χ4v) is 4.26. The van der Waals surface area contributed by atoms with Gasteiger partial charge in [-0.15, -0.1) is 0 Å². The maximum Gasteiger partial charge on any atom is 0.223 e. The van der Waals surface area contributed by atoms with Gasteiger partial charge in [-0.2, -0.15) is 0 Å². The molecule has 0 radical (unpaired) electrons. The van der Waals surface area contributed by atoms with Crippen LogP contribution < -0.4 is 5.32 Å². The molecule has 0 saturated carbocycles. The average Bonchev–Trinajstić information content (AvgIpc) is 3.06. The molecule has 26 heavy (non-hydrogen) atoms. The molecule has 1 N–H and O–H groups in total. The summed E-state index contributed by atoms with van der Waals surface area (Å²) >= 11 is 0. The lowest BCUT2D eigenvalue weighted by atomic mass is 9.87. The van der Waals surface area contributed by atoms with Crippen molar-refractivity contribution in [3.8, 4) is 0 Å². The number of rotatable bonds is 4. The molecule has 2 amide bonds. The monoisotopic (exact) mass is 348 g/mol. The van der Waals surface area contributed by atoms with E-state index in [0.717, 1.165) is 13.0 Å². The van der Waals surface area contributed by atoms with Crippen LogP contribution in [0.3, 0.4) is 0 Å². The summed E-state index contributed by atoms with van der Waals surface area (Å²) in [6, 6.07) is 20.7. The van der Waals surface area contributed by atoms with Crippen molar-refractivity contribution >= 4 is 11.8 Å². The Morgan fingerprint density at radius 1 is 1.04 bits per heavy atom. The topological polar surface area (TPSA) is 49.4 Å². The van der Waals surface area contributed by atoms with Crippen LogP contribution in [-0.4, -0.2) is 35.8 Å². The van der Waals surface area contributed by atoms with Gasteiger partial charge in [0.1, 0.15) is 0 Å². The van der Waals surface area contributed by atoms with Crippen molar-refractivity contribution in [3.63, 3.8) is 0 Å².